The molecule has 1 atom stereocenters. The first-order valence-electron chi connectivity index (χ1n) is 7.81. The molecule has 0 radical (unpaired) electrons. The molecule has 2 aromatic carbocycles. The Morgan fingerprint density at radius 2 is 2.04 bits per heavy atom. The van der Waals surface area contributed by atoms with Crippen molar-refractivity contribution in [2.75, 3.05) is 17.3 Å². The number of nitrogens with zero attached hydrogens (tertiary/aromatic N) is 1. The Hall–Kier alpha value is -2.37. The quantitative estimate of drug-likeness (QED) is 0.548. The van der Waals surface area contributed by atoms with Gasteiger partial charge in [0.1, 0.15) is 5.75 Å². The molecule has 1 aliphatic rings. The van der Waals surface area contributed by atoms with Crippen LogP contribution in [-0.2, 0) is 0 Å². The second-order valence-electron chi connectivity index (χ2n) is 5.96. The number of benzene rings is 2. The molecule has 1 amide bonds. The van der Waals surface area contributed by atoms with Crippen LogP contribution in [-0.4, -0.2) is 29.7 Å². The van der Waals surface area contributed by atoms with Crippen LogP contribution in [0.2, 0.25) is 0 Å². The molecule has 0 fully saturated rings. The van der Waals surface area contributed by atoms with Gasteiger partial charge in [-0.15, -0.1) is 22.9 Å². The highest BCUT2D eigenvalue weighted by atomic mass is 35.5. The number of aldehydes is 1. The van der Waals surface area contributed by atoms with Crippen LogP contribution in [0.1, 0.15) is 30.8 Å². The highest BCUT2D eigenvalue weighted by Gasteiger charge is 2.35. The number of hydrogen-bond acceptors (Lipinski definition) is 4. The van der Waals surface area contributed by atoms with Gasteiger partial charge in [0.25, 0.3) is 5.91 Å². The van der Waals surface area contributed by atoms with E-state index in [-0.39, 0.29) is 17.6 Å². The fraction of sp³-hybridized carbons (Fsp3) is 0.158. The van der Waals surface area contributed by atoms with Crippen LogP contribution in [0.15, 0.2) is 42.5 Å². The van der Waals surface area contributed by atoms with Gasteiger partial charge in [0.15, 0.2) is 6.29 Å². The first kappa shape index (κ1) is 16.1. The SMILES string of the molecule is O=Cc1ccc(C(=O)N2CC(CCl)c3c2cc(O)c2ccccc32)s1. The van der Waals surface area contributed by atoms with E-state index in [1.54, 1.807) is 23.1 Å². The largest absolute Gasteiger partial charge is 0.507 e. The predicted octanol–water partition coefficient (Wildman–Crippen LogP) is 4.40. The maximum Gasteiger partial charge on any atom is 0.268 e. The average molecular weight is 372 g/mol. The average Bonchev–Trinajstić information content (AvgIpc) is 3.26. The smallest absolute Gasteiger partial charge is 0.268 e. The van der Waals surface area contributed by atoms with E-state index >= 15 is 0 Å². The lowest BCUT2D eigenvalue weighted by atomic mass is 9.95. The van der Waals surface area contributed by atoms with Crippen molar-refractivity contribution in [2.45, 2.75) is 5.92 Å². The summed E-state index contributed by atoms with van der Waals surface area (Å²) in [6.45, 7) is 0.458. The normalized spacial score (nSPS) is 16.2. The van der Waals surface area contributed by atoms with Crippen LogP contribution in [0.25, 0.3) is 10.8 Å². The number of phenols is 1. The number of rotatable bonds is 3. The van der Waals surface area contributed by atoms with Crippen molar-refractivity contribution in [3.8, 4) is 5.75 Å². The van der Waals surface area contributed by atoms with E-state index < -0.39 is 0 Å². The third-order valence-corrected chi connectivity index (χ3v) is 5.90. The van der Waals surface area contributed by atoms with Crippen molar-refractivity contribution in [3.05, 3.63) is 57.8 Å². The minimum Gasteiger partial charge on any atom is -0.507 e. The van der Waals surface area contributed by atoms with Gasteiger partial charge in [-0.05, 0) is 23.1 Å². The van der Waals surface area contributed by atoms with Crippen molar-refractivity contribution in [1.29, 1.82) is 0 Å². The number of fused-ring (bicyclic) bond motifs is 3. The fourth-order valence-corrected chi connectivity index (χ4v) is 4.43. The summed E-state index contributed by atoms with van der Waals surface area (Å²) in [5, 5.41) is 12.1. The summed E-state index contributed by atoms with van der Waals surface area (Å²) >= 11 is 7.34. The Bertz CT molecular complexity index is 997. The van der Waals surface area contributed by atoms with E-state index in [1.807, 2.05) is 24.3 Å². The summed E-state index contributed by atoms with van der Waals surface area (Å²) in [7, 11) is 0. The van der Waals surface area contributed by atoms with Crippen LogP contribution in [0.3, 0.4) is 0 Å². The monoisotopic (exact) mass is 371 g/mol. The molecule has 0 bridgehead atoms. The second-order valence-corrected chi connectivity index (χ2v) is 7.38. The van der Waals surface area contributed by atoms with E-state index in [1.165, 1.54) is 0 Å². The summed E-state index contributed by atoms with van der Waals surface area (Å²) in [4.78, 5) is 26.5. The number of carbonyl (C=O) groups is 2. The van der Waals surface area contributed by atoms with Crippen molar-refractivity contribution in [3.63, 3.8) is 0 Å². The third-order valence-electron chi connectivity index (χ3n) is 4.53. The highest BCUT2D eigenvalue weighted by Crippen LogP contribution is 2.45. The van der Waals surface area contributed by atoms with Crippen molar-refractivity contribution in [2.24, 2.45) is 0 Å². The molecule has 4 rings (SSSR count). The number of amides is 1. The Morgan fingerprint density at radius 3 is 2.72 bits per heavy atom. The Labute approximate surface area is 153 Å². The molecule has 1 aliphatic heterocycles. The third kappa shape index (κ3) is 2.51. The Kier molecular flexibility index (Phi) is 3.98. The summed E-state index contributed by atoms with van der Waals surface area (Å²) in [6.07, 6.45) is 0.736. The van der Waals surface area contributed by atoms with Gasteiger partial charge in [0.2, 0.25) is 0 Å². The maximum atomic E-state index is 12.9. The minimum absolute atomic E-state index is 0.00313. The molecule has 126 valence electrons. The number of phenolic OH excluding ortho intramolecular Hbond substituents is 1. The maximum absolute atomic E-state index is 12.9. The van der Waals surface area contributed by atoms with Crippen LogP contribution < -0.4 is 4.90 Å². The molecular formula is C19H14ClNO3S. The molecule has 0 aliphatic carbocycles. The Morgan fingerprint density at radius 1 is 1.28 bits per heavy atom. The summed E-state index contributed by atoms with van der Waals surface area (Å²) in [6, 6.07) is 12.5. The van der Waals surface area contributed by atoms with Gasteiger partial charge in [-0.3, -0.25) is 9.59 Å². The van der Waals surface area contributed by atoms with Gasteiger partial charge in [-0.2, -0.15) is 0 Å². The molecule has 2 heterocycles. The van der Waals surface area contributed by atoms with Crippen LogP contribution >= 0.6 is 22.9 Å². The zero-order valence-corrected chi connectivity index (χ0v) is 14.7. The number of hydrogen-bond donors (Lipinski definition) is 1. The summed E-state index contributed by atoms with van der Waals surface area (Å²) in [5.41, 5.74) is 1.68. The van der Waals surface area contributed by atoms with Gasteiger partial charge in [0, 0.05) is 29.8 Å². The minimum atomic E-state index is -0.179. The molecule has 0 saturated carbocycles. The lowest BCUT2D eigenvalue weighted by Crippen LogP contribution is -2.29. The standard InChI is InChI=1S/C19H14ClNO3S/c20-8-11-9-21(19(24)17-6-5-12(10-22)25-17)15-7-16(23)13-3-1-2-4-14(13)18(11)15/h1-7,10-11,23H,8-9H2. The zero-order valence-electron chi connectivity index (χ0n) is 13.1. The van der Waals surface area contributed by atoms with E-state index in [4.69, 9.17) is 11.6 Å². The second kappa shape index (κ2) is 6.17. The summed E-state index contributed by atoms with van der Waals surface area (Å²) in [5.74, 6) is 0.343. The molecule has 6 heteroatoms. The molecule has 25 heavy (non-hydrogen) atoms. The van der Waals surface area contributed by atoms with Crippen molar-refractivity contribution >= 4 is 51.6 Å². The lowest BCUT2D eigenvalue weighted by molar-refractivity contribution is 0.0992. The van der Waals surface area contributed by atoms with E-state index in [9.17, 15) is 14.7 Å². The molecule has 4 nitrogen and oxygen atoms in total. The molecular weight excluding hydrogens is 358 g/mol. The van der Waals surface area contributed by atoms with E-state index in [0.717, 1.165) is 34.0 Å². The van der Waals surface area contributed by atoms with Gasteiger partial charge in [-0.1, -0.05) is 24.3 Å². The number of thiophene rings is 1. The first-order valence-corrected chi connectivity index (χ1v) is 9.16. The molecule has 0 spiro atoms. The number of carbonyl (C=O) groups excluding carboxylic acids is 2. The summed E-state index contributed by atoms with van der Waals surface area (Å²) < 4.78 is 0. The van der Waals surface area contributed by atoms with Crippen LogP contribution in [0.4, 0.5) is 5.69 Å². The molecule has 1 aromatic heterocycles. The van der Waals surface area contributed by atoms with Crippen LogP contribution in [0.5, 0.6) is 5.75 Å². The van der Waals surface area contributed by atoms with E-state index in [2.05, 4.69) is 0 Å². The van der Waals surface area contributed by atoms with Crippen molar-refractivity contribution < 1.29 is 14.7 Å². The molecule has 1 N–H and O–H groups in total. The van der Waals surface area contributed by atoms with E-state index in [0.29, 0.717) is 27.9 Å². The van der Waals surface area contributed by atoms with Crippen LogP contribution in [0, 0.1) is 0 Å². The highest BCUT2D eigenvalue weighted by molar-refractivity contribution is 7.15. The van der Waals surface area contributed by atoms with Gasteiger partial charge < -0.3 is 10.0 Å². The van der Waals surface area contributed by atoms with Crippen molar-refractivity contribution in [1.82, 2.24) is 0 Å². The lowest BCUT2D eigenvalue weighted by Gasteiger charge is -2.17. The van der Waals surface area contributed by atoms with Gasteiger partial charge in [0.05, 0.1) is 15.4 Å². The number of aromatic hydroxyl groups is 1. The molecule has 0 saturated heterocycles. The number of anilines is 1. The fourth-order valence-electron chi connectivity index (χ4n) is 3.41. The van der Waals surface area contributed by atoms with Gasteiger partial charge >= 0.3 is 0 Å². The number of halogens is 1. The van der Waals surface area contributed by atoms with Gasteiger partial charge in [-0.25, -0.2) is 0 Å². The molecule has 1 unspecified atom stereocenters. The zero-order chi connectivity index (χ0) is 17.6. The predicted molar refractivity (Wildman–Crippen MR) is 100 cm³/mol. The topological polar surface area (TPSA) is 57.6 Å². The Balaban J connectivity index is 1.86. The number of alkyl halides is 1. The first-order chi connectivity index (χ1) is 12.1. The molecule has 3 aromatic rings.